The Balaban J connectivity index is 1.80. The van der Waals surface area contributed by atoms with Crippen molar-refractivity contribution in [2.75, 3.05) is 26.7 Å². The van der Waals surface area contributed by atoms with Crippen LogP contribution in [0.4, 0.5) is 0 Å². The molecule has 3 rings (SSSR count). The summed E-state index contributed by atoms with van der Waals surface area (Å²) in [6, 6.07) is 18.4. The molecule has 0 aliphatic rings. The van der Waals surface area contributed by atoms with Crippen LogP contribution in [0.3, 0.4) is 0 Å². The summed E-state index contributed by atoms with van der Waals surface area (Å²) in [5.41, 5.74) is 3.46. The van der Waals surface area contributed by atoms with Gasteiger partial charge in [0.25, 0.3) is 11.8 Å². The van der Waals surface area contributed by atoms with E-state index in [-0.39, 0.29) is 24.4 Å². The lowest BCUT2D eigenvalue weighted by Gasteiger charge is -2.25. The number of aromatic carboxylic acids is 1. The number of carboxylic acids is 1. The summed E-state index contributed by atoms with van der Waals surface area (Å²) in [6.45, 7) is 7.85. The zero-order valence-electron chi connectivity index (χ0n) is 25.4. The molecule has 0 aromatic heterocycles. The van der Waals surface area contributed by atoms with E-state index in [0.29, 0.717) is 30.8 Å². The van der Waals surface area contributed by atoms with Crippen molar-refractivity contribution in [3.63, 3.8) is 0 Å². The van der Waals surface area contributed by atoms with Crippen molar-refractivity contribution >= 4 is 17.8 Å². The van der Waals surface area contributed by atoms with Crippen LogP contribution in [0.2, 0.25) is 0 Å². The first-order chi connectivity index (χ1) is 20.6. The Morgan fingerprint density at radius 3 is 2.19 bits per heavy atom. The fraction of sp³-hybridized carbons (Fsp3) is 0.382. The molecule has 0 saturated carbocycles. The lowest BCUT2D eigenvalue weighted by Crippen LogP contribution is -2.48. The third-order valence-electron chi connectivity index (χ3n) is 7.11. The van der Waals surface area contributed by atoms with Crippen LogP contribution in [0.1, 0.15) is 74.5 Å². The van der Waals surface area contributed by atoms with Crippen molar-refractivity contribution in [2.45, 2.75) is 58.7 Å². The molecule has 0 fully saturated rings. The van der Waals surface area contributed by atoms with Gasteiger partial charge in [-0.3, -0.25) is 9.59 Å². The number of benzene rings is 3. The third-order valence-corrected chi connectivity index (χ3v) is 7.11. The van der Waals surface area contributed by atoms with Crippen LogP contribution < -0.4 is 15.4 Å². The molecule has 3 aromatic rings. The number of aliphatic hydroxyl groups is 1. The van der Waals surface area contributed by atoms with E-state index in [4.69, 9.17) is 4.74 Å². The number of carbonyl (C=O) groups is 3. The van der Waals surface area contributed by atoms with Crippen molar-refractivity contribution in [3.05, 3.63) is 100 Å². The van der Waals surface area contributed by atoms with E-state index in [1.54, 1.807) is 42.3 Å². The SMILES string of the molecule is CCCN(CCC)C(=O)c1cc(C)cc(C(=O)N[C@H](Cc2ccc(C(=O)O)cc2)[C@H](O)CNCc2cccc(OC)c2)c1. The number of hydrogen-bond donors (Lipinski definition) is 4. The molecule has 43 heavy (non-hydrogen) atoms. The van der Waals surface area contributed by atoms with E-state index >= 15 is 0 Å². The Labute approximate surface area is 253 Å². The second kappa shape index (κ2) is 16.4. The van der Waals surface area contributed by atoms with Gasteiger partial charge in [-0.1, -0.05) is 38.1 Å². The Hall–Kier alpha value is -4.21. The van der Waals surface area contributed by atoms with E-state index < -0.39 is 24.0 Å². The zero-order valence-corrected chi connectivity index (χ0v) is 25.4. The number of nitrogens with one attached hydrogen (secondary N) is 2. The second-order valence-electron chi connectivity index (χ2n) is 10.7. The van der Waals surface area contributed by atoms with Gasteiger partial charge in [-0.05, 0) is 85.3 Å². The number of rotatable bonds is 16. The molecular weight excluding hydrogens is 546 g/mol. The maximum absolute atomic E-state index is 13.5. The number of ether oxygens (including phenoxy) is 1. The summed E-state index contributed by atoms with van der Waals surface area (Å²) in [6.07, 6.45) is 0.976. The first kappa shape index (κ1) is 33.3. The summed E-state index contributed by atoms with van der Waals surface area (Å²) in [5.74, 6) is -0.815. The quantitative estimate of drug-likeness (QED) is 0.194. The molecule has 2 amide bonds. The van der Waals surface area contributed by atoms with Gasteiger partial charge in [-0.25, -0.2) is 4.79 Å². The van der Waals surface area contributed by atoms with Gasteiger partial charge >= 0.3 is 5.97 Å². The van der Waals surface area contributed by atoms with Crippen LogP contribution in [-0.4, -0.2) is 71.8 Å². The monoisotopic (exact) mass is 589 g/mol. The van der Waals surface area contributed by atoms with Crippen LogP contribution >= 0.6 is 0 Å². The van der Waals surface area contributed by atoms with Gasteiger partial charge in [-0.2, -0.15) is 0 Å². The highest BCUT2D eigenvalue weighted by molar-refractivity contribution is 6.00. The molecule has 0 unspecified atom stereocenters. The van der Waals surface area contributed by atoms with Gasteiger partial charge in [0.1, 0.15) is 5.75 Å². The summed E-state index contributed by atoms with van der Waals surface area (Å²) in [4.78, 5) is 39.9. The lowest BCUT2D eigenvalue weighted by molar-refractivity contribution is 0.0695. The van der Waals surface area contributed by atoms with Gasteiger partial charge in [0.15, 0.2) is 0 Å². The van der Waals surface area contributed by atoms with Crippen LogP contribution in [0.5, 0.6) is 5.75 Å². The minimum absolute atomic E-state index is 0.113. The topological polar surface area (TPSA) is 128 Å². The molecule has 0 aliphatic carbocycles. The Bertz CT molecular complexity index is 1370. The fourth-order valence-corrected chi connectivity index (χ4v) is 4.94. The molecule has 2 atom stereocenters. The molecule has 0 radical (unpaired) electrons. The smallest absolute Gasteiger partial charge is 0.335 e. The maximum Gasteiger partial charge on any atom is 0.335 e. The standard InChI is InChI=1S/C34H43N3O6/c1-5-14-37(15-6-2)33(40)28-17-23(3)16-27(20-28)32(39)36-30(19-24-10-12-26(13-11-24)34(41)42)31(38)22-35-21-25-8-7-9-29(18-25)43-4/h7-13,16-18,20,30-31,35,38H,5-6,14-15,19,21-22H2,1-4H3,(H,36,39)(H,41,42)/t30-,31-/m1/s1. The Morgan fingerprint density at radius 1 is 0.884 bits per heavy atom. The summed E-state index contributed by atoms with van der Waals surface area (Å²) in [7, 11) is 1.60. The molecule has 0 aliphatic heterocycles. The highest BCUT2D eigenvalue weighted by atomic mass is 16.5. The van der Waals surface area contributed by atoms with Crippen molar-refractivity contribution in [3.8, 4) is 5.75 Å². The van der Waals surface area contributed by atoms with Gasteiger partial charge in [0.05, 0.1) is 24.8 Å². The minimum atomic E-state index is -1.03. The molecule has 4 N–H and O–H groups in total. The highest BCUT2D eigenvalue weighted by Crippen LogP contribution is 2.16. The molecule has 0 heterocycles. The predicted octanol–water partition coefficient (Wildman–Crippen LogP) is 4.46. The van der Waals surface area contributed by atoms with Gasteiger partial charge < -0.3 is 30.5 Å². The van der Waals surface area contributed by atoms with E-state index in [1.807, 2.05) is 45.0 Å². The molecule has 9 heteroatoms. The van der Waals surface area contributed by atoms with Crippen LogP contribution in [0.25, 0.3) is 0 Å². The molecule has 0 spiro atoms. The number of methoxy groups -OCH3 is 1. The van der Waals surface area contributed by atoms with Gasteiger partial charge in [-0.15, -0.1) is 0 Å². The van der Waals surface area contributed by atoms with E-state index in [0.717, 1.165) is 35.3 Å². The number of nitrogens with zero attached hydrogens (tertiary/aromatic N) is 1. The average Bonchev–Trinajstić information content (AvgIpc) is 3.00. The summed E-state index contributed by atoms with van der Waals surface area (Å²) in [5, 5.41) is 26.7. The predicted molar refractivity (Wildman–Crippen MR) is 167 cm³/mol. The lowest BCUT2D eigenvalue weighted by atomic mass is 9.98. The van der Waals surface area contributed by atoms with Crippen molar-refractivity contribution in [2.24, 2.45) is 0 Å². The molecule has 0 bridgehead atoms. The third kappa shape index (κ3) is 9.94. The number of aryl methyl sites for hydroxylation is 1. The van der Waals surface area contributed by atoms with Crippen LogP contribution in [0.15, 0.2) is 66.7 Å². The van der Waals surface area contributed by atoms with Gasteiger partial charge in [0.2, 0.25) is 0 Å². The maximum atomic E-state index is 13.5. The first-order valence-electron chi connectivity index (χ1n) is 14.7. The number of carboxylic acid groups (broad SMARTS) is 1. The number of amides is 2. The number of aliphatic hydroxyl groups excluding tert-OH is 1. The minimum Gasteiger partial charge on any atom is -0.497 e. The number of hydrogen-bond acceptors (Lipinski definition) is 6. The first-order valence-corrected chi connectivity index (χ1v) is 14.7. The zero-order chi connectivity index (χ0) is 31.4. The molecule has 3 aromatic carbocycles. The summed E-state index contributed by atoms with van der Waals surface area (Å²) >= 11 is 0. The highest BCUT2D eigenvalue weighted by Gasteiger charge is 2.24. The van der Waals surface area contributed by atoms with E-state index in [9.17, 15) is 24.6 Å². The van der Waals surface area contributed by atoms with Crippen LogP contribution in [-0.2, 0) is 13.0 Å². The fourth-order valence-electron chi connectivity index (χ4n) is 4.94. The van der Waals surface area contributed by atoms with Crippen LogP contribution in [0, 0.1) is 6.92 Å². The van der Waals surface area contributed by atoms with Crippen molar-refractivity contribution in [1.29, 1.82) is 0 Å². The van der Waals surface area contributed by atoms with E-state index in [1.165, 1.54) is 12.1 Å². The Morgan fingerprint density at radius 2 is 1.56 bits per heavy atom. The van der Waals surface area contributed by atoms with Crippen molar-refractivity contribution in [1.82, 2.24) is 15.5 Å². The summed E-state index contributed by atoms with van der Waals surface area (Å²) < 4.78 is 5.28. The molecular formula is C34H43N3O6. The largest absolute Gasteiger partial charge is 0.497 e. The average molecular weight is 590 g/mol. The van der Waals surface area contributed by atoms with Gasteiger partial charge in [0, 0.05) is 37.3 Å². The van der Waals surface area contributed by atoms with Crippen molar-refractivity contribution < 1.29 is 29.3 Å². The molecule has 230 valence electrons. The molecule has 9 nitrogen and oxygen atoms in total. The second-order valence-corrected chi connectivity index (χ2v) is 10.7. The Kier molecular flexibility index (Phi) is 12.7. The number of carbonyl (C=O) groups excluding carboxylic acids is 2. The normalized spacial score (nSPS) is 12.3. The molecule has 0 saturated heterocycles. The van der Waals surface area contributed by atoms with E-state index in [2.05, 4.69) is 10.6 Å².